The summed E-state index contributed by atoms with van der Waals surface area (Å²) in [6.07, 6.45) is 2.28. The van der Waals surface area contributed by atoms with Gasteiger partial charge < -0.3 is 9.84 Å². The van der Waals surface area contributed by atoms with E-state index in [1.54, 1.807) is 11.3 Å². The Bertz CT molecular complexity index is 398. The molecule has 1 fully saturated rings. The highest BCUT2D eigenvalue weighted by Crippen LogP contribution is 2.30. The molecule has 1 N–H and O–H groups in total. The molecule has 0 aliphatic heterocycles. The van der Waals surface area contributed by atoms with Gasteiger partial charge in [-0.15, -0.1) is 11.3 Å². The summed E-state index contributed by atoms with van der Waals surface area (Å²) in [6.45, 7) is 2.63. The van der Waals surface area contributed by atoms with E-state index in [1.807, 2.05) is 11.4 Å². The molecule has 1 aliphatic carbocycles. The largest absolute Gasteiger partial charge is 0.467 e. The predicted octanol–water partition coefficient (Wildman–Crippen LogP) is 1.64. The average molecular weight is 269 g/mol. The van der Waals surface area contributed by atoms with Gasteiger partial charge in [-0.1, -0.05) is 6.07 Å². The first kappa shape index (κ1) is 13.5. The van der Waals surface area contributed by atoms with Gasteiger partial charge in [0.25, 0.3) is 0 Å². The van der Waals surface area contributed by atoms with Crippen LogP contribution in [-0.4, -0.2) is 41.3 Å². The fourth-order valence-electron chi connectivity index (χ4n) is 2.04. The first-order valence-electron chi connectivity index (χ1n) is 6.10. The Hall–Kier alpha value is -0.910. The van der Waals surface area contributed by atoms with Crippen molar-refractivity contribution in [2.24, 2.45) is 0 Å². The van der Waals surface area contributed by atoms with Crippen molar-refractivity contribution in [3.05, 3.63) is 22.4 Å². The Kier molecular flexibility index (Phi) is 4.04. The zero-order valence-electron chi connectivity index (χ0n) is 10.8. The standard InChI is InChI=1S/C13H19NO3S/c1-13(16,12(15)17-2)9-14(10-5-6-10)8-11-4-3-7-18-11/h3-4,7,10,16H,5-6,8-9H2,1-2H3. The summed E-state index contributed by atoms with van der Waals surface area (Å²) in [5.41, 5.74) is -1.44. The van der Waals surface area contributed by atoms with Crippen molar-refractivity contribution < 1.29 is 14.6 Å². The minimum Gasteiger partial charge on any atom is -0.467 e. The Morgan fingerprint density at radius 3 is 2.89 bits per heavy atom. The molecule has 1 aromatic heterocycles. The van der Waals surface area contributed by atoms with E-state index < -0.39 is 11.6 Å². The summed E-state index contributed by atoms with van der Waals surface area (Å²) in [5.74, 6) is -0.570. The van der Waals surface area contributed by atoms with E-state index in [1.165, 1.54) is 18.9 Å². The van der Waals surface area contributed by atoms with Gasteiger partial charge in [-0.3, -0.25) is 4.90 Å². The molecule has 1 heterocycles. The first-order chi connectivity index (χ1) is 8.53. The van der Waals surface area contributed by atoms with Crippen molar-refractivity contribution in [3.8, 4) is 0 Å². The number of rotatable bonds is 6. The first-order valence-corrected chi connectivity index (χ1v) is 6.98. The SMILES string of the molecule is COC(=O)C(C)(O)CN(Cc1cccs1)C1CC1. The topological polar surface area (TPSA) is 49.8 Å². The third-order valence-corrected chi connectivity index (χ3v) is 4.00. The Balaban J connectivity index is 2.00. The Labute approximate surface area is 111 Å². The highest BCUT2D eigenvalue weighted by Gasteiger charge is 2.38. The molecule has 1 aromatic rings. The van der Waals surface area contributed by atoms with Crippen molar-refractivity contribution >= 4 is 17.3 Å². The van der Waals surface area contributed by atoms with E-state index in [-0.39, 0.29) is 0 Å². The number of esters is 1. The maximum Gasteiger partial charge on any atom is 0.338 e. The van der Waals surface area contributed by atoms with Crippen molar-refractivity contribution in [2.75, 3.05) is 13.7 Å². The third-order valence-electron chi connectivity index (χ3n) is 3.14. The second-order valence-corrected chi connectivity index (χ2v) is 6.01. The minimum absolute atomic E-state index is 0.322. The summed E-state index contributed by atoms with van der Waals surface area (Å²) < 4.78 is 4.64. The van der Waals surface area contributed by atoms with Crippen LogP contribution in [0.4, 0.5) is 0 Å². The van der Waals surface area contributed by atoms with Crippen LogP contribution in [0.3, 0.4) is 0 Å². The van der Waals surface area contributed by atoms with Gasteiger partial charge >= 0.3 is 5.97 Å². The van der Waals surface area contributed by atoms with Crippen LogP contribution < -0.4 is 0 Å². The summed E-state index contributed by atoms with van der Waals surface area (Å²) in [7, 11) is 1.30. The number of thiophene rings is 1. The lowest BCUT2D eigenvalue weighted by Gasteiger charge is -2.29. The van der Waals surface area contributed by atoms with Gasteiger partial charge in [0.05, 0.1) is 7.11 Å². The lowest BCUT2D eigenvalue weighted by Crippen LogP contribution is -2.47. The Morgan fingerprint density at radius 2 is 2.39 bits per heavy atom. The number of aliphatic hydroxyl groups is 1. The number of ether oxygens (including phenoxy) is 1. The quantitative estimate of drug-likeness (QED) is 0.798. The fourth-order valence-corrected chi connectivity index (χ4v) is 2.77. The second kappa shape index (κ2) is 5.38. The molecule has 100 valence electrons. The second-order valence-electron chi connectivity index (χ2n) is 4.98. The molecule has 1 unspecified atom stereocenters. The van der Waals surface area contributed by atoms with Gasteiger partial charge in [-0.25, -0.2) is 4.79 Å². The summed E-state index contributed by atoms with van der Waals surface area (Å²) in [4.78, 5) is 14.9. The molecule has 0 amide bonds. The molecule has 1 atom stereocenters. The van der Waals surface area contributed by atoms with Crippen LogP contribution >= 0.6 is 11.3 Å². The number of carbonyl (C=O) groups excluding carboxylic acids is 1. The van der Waals surface area contributed by atoms with Crippen LogP contribution in [0.15, 0.2) is 17.5 Å². The van der Waals surface area contributed by atoms with E-state index in [2.05, 4.69) is 15.7 Å². The molecule has 1 saturated carbocycles. The Morgan fingerprint density at radius 1 is 1.67 bits per heavy atom. The van der Waals surface area contributed by atoms with Crippen LogP contribution in [0.5, 0.6) is 0 Å². The van der Waals surface area contributed by atoms with Gasteiger partial charge in [0.15, 0.2) is 5.60 Å². The lowest BCUT2D eigenvalue weighted by molar-refractivity contribution is -0.162. The average Bonchev–Trinajstić information content (AvgIpc) is 3.06. The molecule has 4 nitrogen and oxygen atoms in total. The van der Waals surface area contributed by atoms with Gasteiger partial charge in [0.2, 0.25) is 0 Å². The molecule has 0 bridgehead atoms. The van der Waals surface area contributed by atoms with E-state index in [9.17, 15) is 9.90 Å². The minimum atomic E-state index is -1.44. The van der Waals surface area contributed by atoms with Gasteiger partial charge in [0.1, 0.15) is 0 Å². The van der Waals surface area contributed by atoms with Gasteiger partial charge in [0, 0.05) is 24.0 Å². The number of hydrogen-bond donors (Lipinski definition) is 1. The van der Waals surface area contributed by atoms with E-state index >= 15 is 0 Å². The number of carbonyl (C=O) groups is 1. The van der Waals surface area contributed by atoms with E-state index in [0.717, 1.165) is 19.4 Å². The number of methoxy groups -OCH3 is 1. The van der Waals surface area contributed by atoms with Crippen molar-refractivity contribution in [3.63, 3.8) is 0 Å². The molecule has 0 saturated heterocycles. The summed E-state index contributed by atoms with van der Waals surface area (Å²) in [5, 5.41) is 12.2. The van der Waals surface area contributed by atoms with Gasteiger partial charge in [-0.05, 0) is 31.2 Å². The molecule has 18 heavy (non-hydrogen) atoms. The van der Waals surface area contributed by atoms with Crippen LogP contribution in [0.1, 0.15) is 24.6 Å². The van der Waals surface area contributed by atoms with Gasteiger partial charge in [-0.2, -0.15) is 0 Å². The fraction of sp³-hybridized carbons (Fsp3) is 0.615. The van der Waals surface area contributed by atoms with Crippen LogP contribution in [0.25, 0.3) is 0 Å². The zero-order chi connectivity index (χ0) is 13.2. The maximum absolute atomic E-state index is 11.5. The van der Waals surface area contributed by atoms with E-state index in [0.29, 0.717) is 12.6 Å². The third kappa shape index (κ3) is 3.31. The smallest absolute Gasteiger partial charge is 0.338 e. The number of hydrogen-bond acceptors (Lipinski definition) is 5. The highest BCUT2D eigenvalue weighted by molar-refractivity contribution is 7.09. The lowest BCUT2D eigenvalue weighted by atomic mass is 10.1. The molecular formula is C13H19NO3S. The normalized spacial score (nSPS) is 18.7. The summed E-state index contributed by atoms with van der Waals surface area (Å²) in [6, 6.07) is 4.58. The molecular weight excluding hydrogens is 250 g/mol. The van der Waals surface area contributed by atoms with Crippen molar-refractivity contribution in [1.29, 1.82) is 0 Å². The highest BCUT2D eigenvalue weighted by atomic mass is 32.1. The van der Waals surface area contributed by atoms with E-state index in [4.69, 9.17) is 0 Å². The molecule has 0 aromatic carbocycles. The monoisotopic (exact) mass is 269 g/mol. The number of nitrogens with zero attached hydrogens (tertiary/aromatic N) is 1. The zero-order valence-corrected chi connectivity index (χ0v) is 11.6. The van der Waals surface area contributed by atoms with Crippen LogP contribution in [0.2, 0.25) is 0 Å². The maximum atomic E-state index is 11.5. The molecule has 0 radical (unpaired) electrons. The molecule has 0 spiro atoms. The van der Waals surface area contributed by atoms with Crippen molar-refractivity contribution in [1.82, 2.24) is 4.90 Å². The predicted molar refractivity (Wildman–Crippen MR) is 70.4 cm³/mol. The molecule has 2 rings (SSSR count). The molecule has 5 heteroatoms. The summed E-state index contributed by atoms with van der Waals surface area (Å²) >= 11 is 1.70. The molecule has 1 aliphatic rings. The van der Waals surface area contributed by atoms with Crippen LogP contribution in [-0.2, 0) is 16.1 Å². The van der Waals surface area contributed by atoms with Crippen molar-refractivity contribution in [2.45, 2.75) is 38.0 Å². The van der Waals surface area contributed by atoms with Crippen LogP contribution in [0, 0.1) is 0 Å².